The Bertz CT molecular complexity index is 1220. The minimum absolute atomic E-state index is 0.0113. The van der Waals surface area contributed by atoms with Gasteiger partial charge >= 0.3 is 0 Å². The summed E-state index contributed by atoms with van der Waals surface area (Å²) in [4.78, 5) is 37.9. The number of carbonyl (C=O) groups is 3. The molecule has 41 heavy (non-hydrogen) atoms. The first-order valence-corrected chi connectivity index (χ1v) is 15.3. The van der Waals surface area contributed by atoms with Crippen molar-refractivity contribution in [1.82, 2.24) is 21.3 Å². The van der Waals surface area contributed by atoms with Crippen LogP contribution in [0.25, 0.3) is 0 Å². The van der Waals surface area contributed by atoms with Gasteiger partial charge in [-0.2, -0.15) is 0 Å². The molecule has 0 aromatic rings. The highest BCUT2D eigenvalue weighted by Gasteiger charge is 2.37. The lowest BCUT2D eigenvalue weighted by Gasteiger charge is -2.34. The van der Waals surface area contributed by atoms with Crippen molar-refractivity contribution in [2.75, 3.05) is 25.5 Å². The molecule has 0 saturated carbocycles. The van der Waals surface area contributed by atoms with Crippen molar-refractivity contribution in [3.63, 3.8) is 0 Å². The number of carbonyl (C=O) groups excluding carboxylic acids is 3. The Kier molecular flexibility index (Phi) is 14.5. The van der Waals surface area contributed by atoms with Gasteiger partial charge in [-0.1, -0.05) is 55.0 Å². The van der Waals surface area contributed by atoms with E-state index in [2.05, 4.69) is 52.1 Å². The van der Waals surface area contributed by atoms with Crippen LogP contribution in [0, 0.1) is 0 Å². The number of thioether (sulfide) groups is 2. The molecular weight excluding hydrogens is 555 g/mol. The van der Waals surface area contributed by atoms with Gasteiger partial charge in [0.2, 0.25) is 17.7 Å². The predicted octanol–water partition coefficient (Wildman–Crippen LogP) is 3.87. The normalized spacial score (nSPS) is 17.6. The van der Waals surface area contributed by atoms with Crippen molar-refractivity contribution in [1.29, 1.82) is 0 Å². The van der Waals surface area contributed by atoms with Gasteiger partial charge in [-0.25, -0.2) is 0 Å². The van der Waals surface area contributed by atoms with Gasteiger partial charge in [-0.15, -0.1) is 18.3 Å². The van der Waals surface area contributed by atoms with Gasteiger partial charge in [0.1, 0.15) is 6.04 Å². The molecule has 2 aliphatic heterocycles. The fourth-order valence-electron chi connectivity index (χ4n) is 3.81. The highest BCUT2D eigenvalue weighted by atomic mass is 32.2. The maximum atomic E-state index is 12.9. The fraction of sp³-hybridized carbons (Fsp3) is 0.355. The van der Waals surface area contributed by atoms with Crippen molar-refractivity contribution >= 4 is 41.2 Å². The third-order valence-electron chi connectivity index (χ3n) is 6.37. The maximum Gasteiger partial charge on any atom is 0.244 e. The summed E-state index contributed by atoms with van der Waals surface area (Å²) in [5, 5.41) is 15.3. The number of hydrogen-bond acceptors (Lipinski definition) is 7. The van der Waals surface area contributed by atoms with Crippen LogP contribution in [0.15, 0.2) is 99.9 Å². The first-order valence-electron chi connectivity index (χ1n) is 13.3. The summed E-state index contributed by atoms with van der Waals surface area (Å²) in [6, 6.07) is -0.825. The Labute approximate surface area is 252 Å². The molecule has 220 valence electrons. The Morgan fingerprint density at radius 1 is 1.20 bits per heavy atom. The van der Waals surface area contributed by atoms with Crippen LogP contribution in [0.5, 0.6) is 0 Å². The Balaban J connectivity index is 0.000000454. The number of piperidine rings is 1. The molecule has 1 saturated heterocycles. The second kappa shape index (κ2) is 17.5. The molecule has 2 bridgehead atoms. The summed E-state index contributed by atoms with van der Waals surface area (Å²) < 4.78 is 0. The van der Waals surface area contributed by atoms with Gasteiger partial charge in [-0.3, -0.25) is 14.4 Å². The van der Waals surface area contributed by atoms with E-state index in [1.807, 2.05) is 42.7 Å². The highest BCUT2D eigenvalue weighted by Crippen LogP contribution is 2.32. The predicted molar refractivity (Wildman–Crippen MR) is 173 cm³/mol. The molecule has 3 rings (SSSR count). The second-order valence-electron chi connectivity index (χ2n) is 9.62. The van der Waals surface area contributed by atoms with Gasteiger partial charge in [0.25, 0.3) is 0 Å². The van der Waals surface area contributed by atoms with Crippen molar-refractivity contribution < 1.29 is 14.4 Å². The molecule has 1 fully saturated rings. The number of nitrogens with two attached hydrogens (primary N) is 1. The topological polar surface area (TPSA) is 125 Å². The fourth-order valence-corrected chi connectivity index (χ4v) is 5.26. The average Bonchev–Trinajstić information content (AvgIpc) is 3.15. The van der Waals surface area contributed by atoms with E-state index in [1.54, 1.807) is 17.8 Å². The molecule has 0 spiro atoms. The maximum absolute atomic E-state index is 12.9. The van der Waals surface area contributed by atoms with Crippen LogP contribution in [0.4, 0.5) is 0 Å². The molecule has 0 radical (unpaired) electrons. The number of nitrogens with one attached hydrogen (secondary N) is 4. The van der Waals surface area contributed by atoms with Crippen molar-refractivity contribution in [2.45, 2.75) is 44.7 Å². The second-order valence-corrected chi connectivity index (χ2v) is 11.4. The van der Waals surface area contributed by atoms with Crippen LogP contribution in [0.2, 0.25) is 0 Å². The standard InChI is InChI=1S/C21H27N5O3S.C10H14S/c1-14(27)24-13-25-19(28)18(26-20(29)21(22)6-8-23-9-7-21)11-16-12-30-17-5-3-2-4-15(16)10-17;1-5-7-11-8-10(4)9(3)6-2/h2-5,12,18,23H,6-9,11,13,22H2,1H3,(H,24,27)(H,25,28)(H,26,29);5-6,8H,1-3,7H2,4H3/b;10-8-/t18-;/m1./s1. The Hall–Kier alpha value is -3.27. The number of rotatable bonds is 12. The highest BCUT2D eigenvalue weighted by molar-refractivity contribution is 8.06. The van der Waals surface area contributed by atoms with Crippen molar-refractivity contribution in [2.24, 2.45) is 5.73 Å². The third-order valence-corrected chi connectivity index (χ3v) is 8.22. The molecule has 0 aromatic heterocycles. The lowest BCUT2D eigenvalue weighted by Crippen LogP contribution is -2.62. The molecular formula is C31H41N5O3S2. The van der Waals surface area contributed by atoms with Gasteiger partial charge in [-0.05, 0) is 72.5 Å². The zero-order valence-electron chi connectivity index (χ0n) is 23.9. The summed E-state index contributed by atoms with van der Waals surface area (Å²) in [6.07, 6.45) is 12.7. The summed E-state index contributed by atoms with van der Waals surface area (Å²) in [6.45, 7) is 15.8. The van der Waals surface area contributed by atoms with Crippen LogP contribution in [0.1, 0.15) is 33.1 Å². The van der Waals surface area contributed by atoms with Crippen LogP contribution in [0.3, 0.4) is 0 Å². The molecule has 10 heteroatoms. The van der Waals surface area contributed by atoms with Crippen molar-refractivity contribution in [3.05, 3.63) is 99.9 Å². The molecule has 3 aliphatic rings. The van der Waals surface area contributed by atoms with Gasteiger partial charge in [0, 0.05) is 24.7 Å². The van der Waals surface area contributed by atoms with E-state index < -0.39 is 11.6 Å². The molecule has 1 atom stereocenters. The monoisotopic (exact) mass is 595 g/mol. The quantitative estimate of drug-likeness (QED) is 0.0763. The van der Waals surface area contributed by atoms with E-state index in [4.69, 9.17) is 5.73 Å². The lowest BCUT2D eigenvalue weighted by atomic mass is 9.88. The van der Waals surface area contributed by atoms with Crippen LogP contribution in [-0.2, 0) is 14.4 Å². The molecule has 0 unspecified atom stereocenters. The molecule has 2 heterocycles. The van der Waals surface area contributed by atoms with E-state index in [1.165, 1.54) is 24.3 Å². The van der Waals surface area contributed by atoms with E-state index in [0.717, 1.165) is 27.4 Å². The molecule has 6 N–H and O–H groups in total. The third kappa shape index (κ3) is 11.6. The van der Waals surface area contributed by atoms with E-state index in [9.17, 15) is 14.4 Å². The van der Waals surface area contributed by atoms with Crippen LogP contribution in [-0.4, -0.2) is 54.8 Å². The van der Waals surface area contributed by atoms with E-state index in [-0.39, 0.29) is 24.4 Å². The minimum atomic E-state index is -1.00. The summed E-state index contributed by atoms with van der Waals surface area (Å²) in [5.74, 6) is -0.0265. The van der Waals surface area contributed by atoms with E-state index >= 15 is 0 Å². The number of allylic oxidation sites excluding steroid dienone is 7. The van der Waals surface area contributed by atoms with Gasteiger partial charge < -0.3 is 27.0 Å². The first-order chi connectivity index (χ1) is 19.6. The number of hydrogen-bond donors (Lipinski definition) is 5. The molecule has 3 amide bonds. The van der Waals surface area contributed by atoms with Crippen LogP contribution < -0.4 is 27.0 Å². The summed E-state index contributed by atoms with van der Waals surface area (Å²) >= 11 is 3.24. The molecule has 0 aromatic carbocycles. The average molecular weight is 596 g/mol. The largest absolute Gasteiger partial charge is 0.342 e. The Morgan fingerprint density at radius 3 is 2.56 bits per heavy atom. The smallest absolute Gasteiger partial charge is 0.244 e. The SMILES string of the molecule is C=CCS/C=C(/C)C(=C)C=C.CC(=O)NCNC(=O)[C@@H](CC1=CSC2=C=C1C=CC=C2)NC(=O)C1(N)CCNCC1. The number of amides is 3. The summed E-state index contributed by atoms with van der Waals surface area (Å²) in [7, 11) is 0. The zero-order chi connectivity index (χ0) is 30.3. The van der Waals surface area contributed by atoms with Gasteiger partial charge in [0.05, 0.1) is 17.1 Å². The summed E-state index contributed by atoms with van der Waals surface area (Å²) in [5.41, 5.74) is 12.6. The van der Waals surface area contributed by atoms with Crippen molar-refractivity contribution in [3.8, 4) is 0 Å². The van der Waals surface area contributed by atoms with Crippen LogP contribution >= 0.6 is 23.5 Å². The molecule has 8 nitrogen and oxygen atoms in total. The minimum Gasteiger partial charge on any atom is -0.342 e. The Morgan fingerprint density at radius 2 is 1.90 bits per heavy atom. The van der Waals surface area contributed by atoms with E-state index in [0.29, 0.717) is 32.4 Å². The van der Waals surface area contributed by atoms with Gasteiger partial charge in [0.15, 0.2) is 0 Å². The zero-order valence-corrected chi connectivity index (χ0v) is 25.5. The lowest BCUT2D eigenvalue weighted by molar-refractivity contribution is -0.132. The molecule has 1 aliphatic carbocycles. The first kappa shape index (κ1) is 33.9.